The van der Waals surface area contributed by atoms with Gasteiger partial charge < -0.3 is 14.6 Å². The number of carbonyl (C=O) groups is 2. The van der Waals surface area contributed by atoms with Crippen LogP contribution in [-0.4, -0.2) is 27.1 Å². The highest BCUT2D eigenvalue weighted by Gasteiger charge is 2.26. The lowest BCUT2D eigenvalue weighted by Gasteiger charge is -1.98. The molecule has 0 fully saturated rings. The number of aromatic nitrogens is 1. The average Bonchev–Trinajstić information content (AvgIpc) is 2.77. The van der Waals surface area contributed by atoms with Gasteiger partial charge in [0.1, 0.15) is 5.82 Å². The van der Waals surface area contributed by atoms with Crippen LogP contribution in [0.5, 0.6) is 0 Å². The molecule has 2 N–H and O–H groups in total. The van der Waals surface area contributed by atoms with Crippen LogP contribution in [0.15, 0.2) is 22.6 Å². The van der Waals surface area contributed by atoms with Gasteiger partial charge in [-0.1, -0.05) is 11.6 Å². The molecule has 2 rings (SSSR count). The monoisotopic (exact) mass is 285 g/mol. The minimum Gasteiger partial charge on any atom is -0.476 e. The molecule has 2 aromatic rings. The van der Waals surface area contributed by atoms with Crippen molar-refractivity contribution in [3.8, 4) is 11.5 Å². The summed E-state index contributed by atoms with van der Waals surface area (Å²) >= 11 is 5.67. The summed E-state index contributed by atoms with van der Waals surface area (Å²) in [6.45, 7) is 0. The van der Waals surface area contributed by atoms with E-state index >= 15 is 0 Å². The summed E-state index contributed by atoms with van der Waals surface area (Å²) in [5.74, 6) is -5.30. The van der Waals surface area contributed by atoms with Gasteiger partial charge in [0.05, 0.1) is 5.56 Å². The van der Waals surface area contributed by atoms with Gasteiger partial charge >= 0.3 is 11.9 Å². The zero-order chi connectivity index (χ0) is 14.2. The minimum atomic E-state index is -1.61. The van der Waals surface area contributed by atoms with Crippen molar-refractivity contribution in [2.75, 3.05) is 0 Å². The Kier molecular flexibility index (Phi) is 3.22. The first-order valence-corrected chi connectivity index (χ1v) is 5.20. The van der Waals surface area contributed by atoms with E-state index in [0.29, 0.717) is 0 Å². The number of aromatic carboxylic acids is 2. The lowest BCUT2D eigenvalue weighted by molar-refractivity contribution is 0.0624. The van der Waals surface area contributed by atoms with Crippen molar-refractivity contribution in [3.05, 3.63) is 40.5 Å². The Morgan fingerprint density at radius 3 is 2.47 bits per heavy atom. The Morgan fingerprint density at radius 2 is 1.95 bits per heavy atom. The number of carboxylic acid groups (broad SMARTS) is 2. The summed E-state index contributed by atoms with van der Waals surface area (Å²) in [7, 11) is 0. The molecule has 0 bridgehead atoms. The molecule has 98 valence electrons. The molecule has 0 saturated carbocycles. The van der Waals surface area contributed by atoms with Gasteiger partial charge in [-0.3, -0.25) is 0 Å². The van der Waals surface area contributed by atoms with Gasteiger partial charge in [0, 0.05) is 5.02 Å². The maximum Gasteiger partial charge on any atom is 0.374 e. The normalized spacial score (nSPS) is 10.4. The number of hydrogen-bond acceptors (Lipinski definition) is 4. The molecule has 1 aromatic heterocycles. The molecule has 0 atom stereocenters. The van der Waals surface area contributed by atoms with Crippen molar-refractivity contribution in [2.24, 2.45) is 0 Å². The van der Waals surface area contributed by atoms with Crippen molar-refractivity contribution in [1.82, 2.24) is 4.98 Å². The molecular weight excluding hydrogens is 281 g/mol. The fourth-order valence-electron chi connectivity index (χ4n) is 1.39. The van der Waals surface area contributed by atoms with E-state index < -0.39 is 35.1 Å². The van der Waals surface area contributed by atoms with Gasteiger partial charge in [0.15, 0.2) is 0 Å². The molecule has 0 saturated heterocycles. The van der Waals surface area contributed by atoms with Gasteiger partial charge in [-0.05, 0) is 18.2 Å². The van der Waals surface area contributed by atoms with Crippen LogP contribution < -0.4 is 0 Å². The van der Waals surface area contributed by atoms with E-state index in [1.165, 1.54) is 6.07 Å². The predicted octanol–water partition coefficient (Wildman–Crippen LogP) is 2.53. The summed E-state index contributed by atoms with van der Waals surface area (Å²) in [6.07, 6.45) is 0. The van der Waals surface area contributed by atoms with Crippen LogP contribution in [0.25, 0.3) is 11.5 Å². The molecule has 0 aliphatic heterocycles. The van der Waals surface area contributed by atoms with Crippen molar-refractivity contribution >= 4 is 23.5 Å². The first-order chi connectivity index (χ1) is 8.90. The van der Waals surface area contributed by atoms with Crippen LogP contribution in [0.4, 0.5) is 4.39 Å². The Morgan fingerprint density at radius 1 is 1.26 bits per heavy atom. The maximum atomic E-state index is 13.5. The zero-order valence-corrected chi connectivity index (χ0v) is 9.81. The van der Waals surface area contributed by atoms with Crippen LogP contribution in [0.1, 0.15) is 21.0 Å². The highest BCUT2D eigenvalue weighted by Crippen LogP contribution is 2.27. The second-order valence-corrected chi connectivity index (χ2v) is 3.87. The van der Waals surface area contributed by atoms with Crippen molar-refractivity contribution in [3.63, 3.8) is 0 Å². The second-order valence-electron chi connectivity index (χ2n) is 3.43. The van der Waals surface area contributed by atoms with Crippen LogP contribution in [0.3, 0.4) is 0 Å². The van der Waals surface area contributed by atoms with E-state index in [-0.39, 0.29) is 10.6 Å². The van der Waals surface area contributed by atoms with E-state index in [4.69, 9.17) is 26.2 Å². The molecule has 0 amide bonds. The third-order valence-electron chi connectivity index (χ3n) is 2.18. The first-order valence-electron chi connectivity index (χ1n) is 4.83. The molecule has 0 aliphatic rings. The average molecular weight is 286 g/mol. The van der Waals surface area contributed by atoms with Crippen LogP contribution in [0.2, 0.25) is 5.02 Å². The molecule has 0 spiro atoms. The van der Waals surface area contributed by atoms with Crippen LogP contribution >= 0.6 is 11.6 Å². The van der Waals surface area contributed by atoms with Crippen molar-refractivity contribution in [1.29, 1.82) is 0 Å². The highest BCUT2D eigenvalue weighted by atomic mass is 35.5. The zero-order valence-electron chi connectivity index (χ0n) is 9.05. The van der Waals surface area contributed by atoms with Gasteiger partial charge in [0.25, 0.3) is 0 Å². The summed E-state index contributed by atoms with van der Waals surface area (Å²) in [5.41, 5.74) is -1.02. The molecule has 6 nitrogen and oxygen atoms in total. The quantitative estimate of drug-likeness (QED) is 0.898. The number of oxazole rings is 1. The summed E-state index contributed by atoms with van der Waals surface area (Å²) < 4.78 is 18.3. The second kappa shape index (κ2) is 4.69. The third kappa shape index (κ3) is 2.41. The van der Waals surface area contributed by atoms with Crippen molar-refractivity contribution in [2.45, 2.75) is 0 Å². The molecule has 1 heterocycles. The fraction of sp³-hybridized carbons (Fsp3) is 0. The summed E-state index contributed by atoms with van der Waals surface area (Å²) in [5, 5.41) is 17.7. The summed E-state index contributed by atoms with van der Waals surface area (Å²) in [6, 6.07) is 3.46. The maximum absolute atomic E-state index is 13.5. The number of nitrogens with zero attached hydrogens (tertiary/aromatic N) is 1. The fourth-order valence-corrected chi connectivity index (χ4v) is 1.56. The van der Waals surface area contributed by atoms with E-state index in [1.807, 2.05) is 0 Å². The number of rotatable bonds is 3. The molecule has 0 unspecified atom stereocenters. The molecule has 0 radical (unpaired) electrons. The number of hydrogen-bond donors (Lipinski definition) is 2. The number of benzene rings is 1. The topological polar surface area (TPSA) is 101 Å². The largest absolute Gasteiger partial charge is 0.476 e. The third-order valence-corrected chi connectivity index (χ3v) is 2.42. The van der Waals surface area contributed by atoms with Crippen LogP contribution in [-0.2, 0) is 0 Å². The molecule has 0 aliphatic carbocycles. The van der Waals surface area contributed by atoms with Gasteiger partial charge in [-0.2, -0.15) is 0 Å². The Bertz CT molecular complexity index is 650. The molecule has 8 heteroatoms. The van der Waals surface area contributed by atoms with Gasteiger partial charge in [-0.15, -0.1) is 0 Å². The number of carboxylic acids is 2. The van der Waals surface area contributed by atoms with Gasteiger partial charge in [-0.25, -0.2) is 19.0 Å². The lowest BCUT2D eigenvalue weighted by atomic mass is 10.2. The SMILES string of the molecule is O=C(O)c1nc(-c2cc(Cl)ccc2F)oc1C(=O)O. The Labute approximate surface area is 110 Å². The minimum absolute atomic E-state index is 0.170. The van der Waals surface area contributed by atoms with E-state index in [9.17, 15) is 14.0 Å². The lowest BCUT2D eigenvalue weighted by Crippen LogP contribution is -2.05. The number of halogens is 2. The van der Waals surface area contributed by atoms with E-state index in [0.717, 1.165) is 12.1 Å². The molecule has 19 heavy (non-hydrogen) atoms. The predicted molar refractivity (Wildman–Crippen MR) is 60.8 cm³/mol. The first kappa shape index (κ1) is 13.0. The smallest absolute Gasteiger partial charge is 0.374 e. The molecular formula is C11H5ClFNO5. The Balaban J connectivity index is 2.64. The highest BCUT2D eigenvalue weighted by molar-refractivity contribution is 6.30. The van der Waals surface area contributed by atoms with E-state index in [2.05, 4.69) is 4.98 Å². The van der Waals surface area contributed by atoms with Crippen molar-refractivity contribution < 1.29 is 28.6 Å². The van der Waals surface area contributed by atoms with Gasteiger partial charge in [0.2, 0.25) is 17.3 Å². The molecule has 1 aromatic carbocycles. The standard InChI is InChI=1S/C11H5ClFNO5/c12-4-1-2-6(13)5(3-4)9-14-7(10(15)16)8(19-9)11(17)18/h1-3H,(H,15,16)(H,17,18). The summed E-state index contributed by atoms with van der Waals surface area (Å²) in [4.78, 5) is 25.1. The Hall–Kier alpha value is -2.41. The van der Waals surface area contributed by atoms with Crippen LogP contribution in [0, 0.1) is 5.82 Å². The van der Waals surface area contributed by atoms with E-state index in [1.54, 1.807) is 0 Å².